The molecule has 1 aromatic carbocycles. The molecule has 0 saturated heterocycles. The number of carbonyl (C=O) groups is 2. The molecule has 0 fully saturated rings. The predicted octanol–water partition coefficient (Wildman–Crippen LogP) is 6.74. The van der Waals surface area contributed by atoms with Gasteiger partial charge in [0, 0.05) is 0 Å². The smallest absolute Gasteiger partial charge is 0.341 e. The van der Waals surface area contributed by atoms with Gasteiger partial charge in [-0.2, -0.15) is 0 Å². The quantitative estimate of drug-likeness (QED) is 0.182. The minimum Gasteiger partial charge on any atom is -0.493 e. The molecule has 6 heteroatoms. The lowest BCUT2D eigenvalue weighted by atomic mass is 10.1. The molecule has 0 heterocycles. The molecule has 6 nitrogen and oxygen atoms in total. The first-order chi connectivity index (χ1) is 15.6. The third-order valence-corrected chi connectivity index (χ3v) is 5.40. The van der Waals surface area contributed by atoms with Crippen molar-refractivity contribution in [2.75, 3.05) is 27.4 Å². The van der Waals surface area contributed by atoms with Crippen LogP contribution in [0.4, 0.5) is 0 Å². The highest BCUT2D eigenvalue weighted by atomic mass is 16.5. The van der Waals surface area contributed by atoms with E-state index in [1.54, 1.807) is 0 Å². The van der Waals surface area contributed by atoms with Gasteiger partial charge in [0.15, 0.2) is 0 Å². The van der Waals surface area contributed by atoms with Crippen LogP contribution in [0.3, 0.4) is 0 Å². The van der Waals surface area contributed by atoms with Crippen LogP contribution < -0.4 is 9.47 Å². The highest BCUT2D eigenvalue weighted by Crippen LogP contribution is 2.31. The number of rotatable bonds is 18. The number of unbranched alkanes of at least 4 members (excludes halogenated alkanes) is 10. The molecule has 1 aromatic rings. The van der Waals surface area contributed by atoms with Gasteiger partial charge < -0.3 is 18.9 Å². The molecule has 0 N–H and O–H groups in total. The molecule has 0 aliphatic carbocycles. The van der Waals surface area contributed by atoms with E-state index in [1.165, 1.54) is 77.7 Å². The summed E-state index contributed by atoms with van der Waals surface area (Å²) in [5.41, 5.74) is 0.508. The Balaban J connectivity index is 2.83. The monoisotopic (exact) mass is 450 g/mol. The molecule has 0 saturated carbocycles. The zero-order valence-electron chi connectivity index (χ0n) is 20.5. The highest BCUT2D eigenvalue weighted by Gasteiger charge is 2.22. The molecule has 0 aliphatic heterocycles. The summed E-state index contributed by atoms with van der Waals surface area (Å²) in [5.74, 6) is -0.414. The van der Waals surface area contributed by atoms with E-state index in [9.17, 15) is 9.59 Å². The largest absolute Gasteiger partial charge is 0.493 e. The normalized spacial score (nSPS) is 10.6. The summed E-state index contributed by atoms with van der Waals surface area (Å²) in [6.07, 6.45) is 13.6. The number of hydrogen-bond acceptors (Lipinski definition) is 6. The van der Waals surface area contributed by atoms with E-state index >= 15 is 0 Å². The van der Waals surface area contributed by atoms with Gasteiger partial charge in [-0.1, -0.05) is 78.1 Å². The summed E-state index contributed by atoms with van der Waals surface area (Å²) >= 11 is 0. The van der Waals surface area contributed by atoms with E-state index in [2.05, 4.69) is 13.8 Å². The molecule has 0 aliphatic rings. The second-order valence-electron chi connectivity index (χ2n) is 8.06. The molecular formula is C26H42O6. The summed E-state index contributed by atoms with van der Waals surface area (Å²) in [4.78, 5) is 24.7. The Bertz CT molecular complexity index is 613. The second-order valence-corrected chi connectivity index (χ2v) is 8.06. The maximum Gasteiger partial charge on any atom is 0.341 e. The van der Waals surface area contributed by atoms with Crippen LogP contribution in [0.2, 0.25) is 0 Å². The van der Waals surface area contributed by atoms with Crippen LogP contribution in [0, 0.1) is 0 Å². The van der Waals surface area contributed by atoms with Crippen molar-refractivity contribution < 1.29 is 28.5 Å². The summed E-state index contributed by atoms with van der Waals surface area (Å²) in [6.45, 7) is 5.32. The fourth-order valence-corrected chi connectivity index (χ4v) is 3.47. The standard InChI is InChI=1S/C26H42O6/c1-5-7-9-11-13-15-17-31-23-19-22(26(28)30-4)24(20-21(23)25(27)29-3)32-18-16-14-12-10-8-6-2/h19-20H,5-18H2,1-4H3. The Morgan fingerprint density at radius 2 is 0.938 bits per heavy atom. The SMILES string of the molecule is CCCCCCCCOc1cc(C(=O)OC)c(OCCCCCCCC)cc1C(=O)OC. The minimum atomic E-state index is -0.524. The van der Waals surface area contributed by atoms with Crippen LogP contribution in [-0.4, -0.2) is 39.4 Å². The van der Waals surface area contributed by atoms with Crippen molar-refractivity contribution in [3.05, 3.63) is 23.3 Å². The number of hydrogen-bond donors (Lipinski definition) is 0. The molecule has 182 valence electrons. The zero-order valence-corrected chi connectivity index (χ0v) is 20.5. The van der Waals surface area contributed by atoms with E-state index in [-0.39, 0.29) is 11.1 Å². The minimum absolute atomic E-state index is 0.254. The first-order valence-electron chi connectivity index (χ1n) is 12.2. The second kappa shape index (κ2) is 17.3. The van der Waals surface area contributed by atoms with E-state index in [1.807, 2.05) is 0 Å². The molecule has 0 aromatic heterocycles. The van der Waals surface area contributed by atoms with Crippen molar-refractivity contribution in [2.45, 2.75) is 90.9 Å². The Kier molecular flexibility index (Phi) is 15.1. The lowest BCUT2D eigenvalue weighted by Crippen LogP contribution is -2.12. The van der Waals surface area contributed by atoms with Gasteiger partial charge in [0.1, 0.15) is 22.6 Å². The molecule has 0 unspecified atom stereocenters. The van der Waals surface area contributed by atoms with Crippen molar-refractivity contribution in [1.82, 2.24) is 0 Å². The van der Waals surface area contributed by atoms with Crippen molar-refractivity contribution in [3.8, 4) is 11.5 Å². The molecule has 1 rings (SSSR count). The van der Waals surface area contributed by atoms with Gasteiger partial charge in [0.05, 0.1) is 27.4 Å². The van der Waals surface area contributed by atoms with Crippen LogP contribution in [0.5, 0.6) is 11.5 Å². The van der Waals surface area contributed by atoms with Crippen molar-refractivity contribution in [3.63, 3.8) is 0 Å². The molecule has 32 heavy (non-hydrogen) atoms. The maximum atomic E-state index is 12.3. The van der Waals surface area contributed by atoms with Crippen LogP contribution in [0.15, 0.2) is 12.1 Å². The third kappa shape index (κ3) is 10.4. The van der Waals surface area contributed by atoms with E-state index in [0.29, 0.717) is 24.7 Å². The number of ether oxygens (including phenoxy) is 4. The lowest BCUT2D eigenvalue weighted by molar-refractivity contribution is 0.0578. The van der Waals surface area contributed by atoms with E-state index in [4.69, 9.17) is 18.9 Å². The fourth-order valence-electron chi connectivity index (χ4n) is 3.47. The molecule has 0 spiro atoms. The fraction of sp³-hybridized carbons (Fsp3) is 0.692. The molecule has 0 bridgehead atoms. The number of carbonyl (C=O) groups excluding carboxylic acids is 2. The Morgan fingerprint density at radius 1 is 0.594 bits per heavy atom. The van der Waals surface area contributed by atoms with Gasteiger partial charge in [-0.05, 0) is 25.0 Å². The molecule has 0 amide bonds. The van der Waals surface area contributed by atoms with Gasteiger partial charge in [0.2, 0.25) is 0 Å². The first kappa shape index (κ1) is 27.8. The summed E-state index contributed by atoms with van der Waals surface area (Å²) in [5, 5.41) is 0. The van der Waals surface area contributed by atoms with E-state index < -0.39 is 11.9 Å². The first-order valence-corrected chi connectivity index (χ1v) is 12.2. The van der Waals surface area contributed by atoms with Crippen molar-refractivity contribution in [1.29, 1.82) is 0 Å². The van der Waals surface area contributed by atoms with Crippen LogP contribution in [0.1, 0.15) is 112 Å². The van der Waals surface area contributed by atoms with Gasteiger partial charge in [-0.15, -0.1) is 0 Å². The molecular weight excluding hydrogens is 408 g/mol. The highest BCUT2D eigenvalue weighted by molar-refractivity contribution is 5.98. The van der Waals surface area contributed by atoms with E-state index in [0.717, 1.165) is 25.7 Å². The average molecular weight is 451 g/mol. The third-order valence-electron chi connectivity index (χ3n) is 5.40. The number of benzene rings is 1. The van der Waals surface area contributed by atoms with Crippen LogP contribution >= 0.6 is 0 Å². The molecule has 0 radical (unpaired) electrons. The summed E-state index contributed by atoms with van der Waals surface area (Å²) in [6, 6.07) is 3.07. The molecule has 0 atom stereocenters. The van der Waals surface area contributed by atoms with Crippen molar-refractivity contribution in [2.24, 2.45) is 0 Å². The van der Waals surface area contributed by atoms with Crippen LogP contribution in [0.25, 0.3) is 0 Å². The maximum absolute atomic E-state index is 12.3. The van der Waals surface area contributed by atoms with Gasteiger partial charge in [-0.25, -0.2) is 9.59 Å². The Morgan fingerprint density at radius 3 is 1.28 bits per heavy atom. The Hall–Kier alpha value is -2.24. The lowest BCUT2D eigenvalue weighted by Gasteiger charge is -2.16. The average Bonchev–Trinajstić information content (AvgIpc) is 2.82. The van der Waals surface area contributed by atoms with Gasteiger partial charge >= 0.3 is 11.9 Å². The van der Waals surface area contributed by atoms with Crippen molar-refractivity contribution >= 4 is 11.9 Å². The summed E-state index contributed by atoms with van der Waals surface area (Å²) in [7, 11) is 2.65. The van der Waals surface area contributed by atoms with Gasteiger partial charge in [0.25, 0.3) is 0 Å². The predicted molar refractivity (Wildman–Crippen MR) is 127 cm³/mol. The number of methoxy groups -OCH3 is 2. The zero-order chi connectivity index (χ0) is 23.6. The Labute approximate surface area is 194 Å². The van der Waals surface area contributed by atoms with Gasteiger partial charge in [-0.3, -0.25) is 0 Å². The number of esters is 2. The van der Waals surface area contributed by atoms with Crippen LogP contribution in [-0.2, 0) is 9.47 Å². The summed E-state index contributed by atoms with van der Waals surface area (Å²) < 4.78 is 21.6. The topological polar surface area (TPSA) is 71.1 Å².